The molecule has 6 nitrogen and oxygen atoms in total. The number of aromatic nitrogens is 6. The Morgan fingerprint density at radius 3 is 3.00 bits per heavy atom. The quantitative estimate of drug-likeness (QED) is 0.416. The molecule has 0 amide bonds. The lowest BCUT2D eigenvalue weighted by Gasteiger charge is -2.17. The molecule has 1 aromatic carbocycles. The monoisotopic (exact) mass is 406 g/mol. The molecule has 4 heterocycles. The van der Waals surface area contributed by atoms with Gasteiger partial charge in [-0.15, -0.1) is 21.5 Å². The fourth-order valence-electron chi connectivity index (χ4n) is 4.08. The first-order valence-electron chi connectivity index (χ1n) is 9.47. The minimum atomic E-state index is 0.734. The van der Waals surface area contributed by atoms with Crippen LogP contribution in [0.2, 0.25) is 0 Å². The number of nitrogens with zero attached hydrogens (tertiary/aromatic N) is 6. The fourth-order valence-corrected chi connectivity index (χ4v) is 6.53. The standard InChI is InChI=1S/C20H18N6S2/c1-12-7-8-14-15(9-12)28-18-16(14)17-21-11-22-26(17)19-23-24-20(25(18)19)27-10-13-5-3-2-4-6-13/h2-6,11-12H,7-10H2,1H3. The van der Waals surface area contributed by atoms with Crippen molar-refractivity contribution >= 4 is 44.7 Å². The molecule has 5 aromatic rings. The molecule has 0 saturated heterocycles. The van der Waals surface area contributed by atoms with E-state index in [2.05, 4.69) is 55.9 Å². The molecule has 0 bridgehead atoms. The Kier molecular flexibility index (Phi) is 3.70. The molecular weight excluding hydrogens is 388 g/mol. The Labute approximate surface area is 169 Å². The van der Waals surface area contributed by atoms with E-state index < -0.39 is 0 Å². The van der Waals surface area contributed by atoms with Crippen LogP contribution in [-0.2, 0) is 18.6 Å². The van der Waals surface area contributed by atoms with Gasteiger partial charge in [-0.05, 0) is 36.3 Å². The highest BCUT2D eigenvalue weighted by atomic mass is 32.2. The van der Waals surface area contributed by atoms with Gasteiger partial charge in [0.05, 0.1) is 5.39 Å². The second-order valence-corrected chi connectivity index (χ2v) is 9.45. The van der Waals surface area contributed by atoms with E-state index in [1.807, 2.05) is 21.9 Å². The van der Waals surface area contributed by atoms with Crippen molar-refractivity contribution in [1.29, 1.82) is 0 Å². The lowest BCUT2D eigenvalue weighted by Crippen LogP contribution is -2.08. The smallest absolute Gasteiger partial charge is 0.244 e. The van der Waals surface area contributed by atoms with Gasteiger partial charge in [0, 0.05) is 10.6 Å². The molecule has 0 N–H and O–H groups in total. The zero-order valence-electron chi connectivity index (χ0n) is 15.4. The van der Waals surface area contributed by atoms with Crippen LogP contribution in [0.15, 0.2) is 41.8 Å². The molecule has 1 atom stereocenters. The Morgan fingerprint density at radius 1 is 1.21 bits per heavy atom. The van der Waals surface area contributed by atoms with E-state index in [4.69, 9.17) is 0 Å². The average molecular weight is 407 g/mol. The van der Waals surface area contributed by atoms with Crippen LogP contribution in [0.5, 0.6) is 0 Å². The van der Waals surface area contributed by atoms with Gasteiger partial charge in [0.2, 0.25) is 0 Å². The Morgan fingerprint density at radius 2 is 2.11 bits per heavy atom. The molecule has 8 heteroatoms. The van der Waals surface area contributed by atoms with E-state index >= 15 is 0 Å². The number of fused-ring (bicyclic) bond motifs is 8. The summed E-state index contributed by atoms with van der Waals surface area (Å²) in [5.41, 5.74) is 3.63. The summed E-state index contributed by atoms with van der Waals surface area (Å²) in [5.74, 6) is 2.33. The van der Waals surface area contributed by atoms with E-state index in [0.717, 1.165) is 41.1 Å². The van der Waals surface area contributed by atoms with Crippen LogP contribution in [0.3, 0.4) is 0 Å². The summed E-state index contributed by atoms with van der Waals surface area (Å²) < 4.78 is 4.02. The van der Waals surface area contributed by atoms with Crippen molar-refractivity contribution in [1.82, 2.24) is 29.2 Å². The summed E-state index contributed by atoms with van der Waals surface area (Å²) in [6.45, 7) is 2.34. The maximum Gasteiger partial charge on any atom is 0.260 e. The normalized spacial score (nSPS) is 17.0. The molecule has 140 valence electrons. The molecule has 0 spiro atoms. The van der Waals surface area contributed by atoms with Gasteiger partial charge >= 0.3 is 0 Å². The second-order valence-electron chi connectivity index (χ2n) is 7.42. The molecular formula is C20H18N6S2. The van der Waals surface area contributed by atoms with E-state index in [1.54, 1.807) is 18.1 Å². The number of hydrogen-bond acceptors (Lipinski definition) is 6. The topological polar surface area (TPSA) is 60.4 Å². The SMILES string of the molecule is CC1CCc2c(sc3c2c2ncnn2c2nnc(SCc4ccccc4)n32)C1. The zero-order valence-corrected chi connectivity index (χ0v) is 17.0. The number of aryl methyl sites for hydroxylation is 1. The molecule has 0 aliphatic heterocycles. The minimum Gasteiger partial charge on any atom is -0.244 e. The summed E-state index contributed by atoms with van der Waals surface area (Å²) in [6, 6.07) is 10.5. The fraction of sp³-hybridized carbons (Fsp3) is 0.300. The zero-order chi connectivity index (χ0) is 18.7. The number of thiophene rings is 1. The predicted octanol–water partition coefficient (Wildman–Crippen LogP) is 4.40. The van der Waals surface area contributed by atoms with Gasteiger partial charge in [0.15, 0.2) is 10.8 Å². The Bertz CT molecular complexity index is 1320. The Hall–Kier alpha value is -2.45. The van der Waals surface area contributed by atoms with Crippen LogP contribution in [0.25, 0.3) is 21.6 Å². The lowest BCUT2D eigenvalue weighted by atomic mass is 9.89. The number of hydrogen-bond donors (Lipinski definition) is 0. The predicted molar refractivity (Wildman–Crippen MR) is 112 cm³/mol. The van der Waals surface area contributed by atoms with E-state index in [1.165, 1.54) is 32.6 Å². The summed E-state index contributed by atoms with van der Waals surface area (Å²) in [5, 5.41) is 15.6. The maximum absolute atomic E-state index is 4.57. The summed E-state index contributed by atoms with van der Waals surface area (Å²) >= 11 is 3.60. The molecule has 1 aliphatic carbocycles. The van der Waals surface area contributed by atoms with Crippen LogP contribution in [0.1, 0.15) is 29.3 Å². The first kappa shape index (κ1) is 16.5. The van der Waals surface area contributed by atoms with Gasteiger partial charge in [0.25, 0.3) is 5.78 Å². The molecule has 1 unspecified atom stereocenters. The van der Waals surface area contributed by atoms with Crippen LogP contribution in [0, 0.1) is 5.92 Å². The largest absolute Gasteiger partial charge is 0.260 e. The van der Waals surface area contributed by atoms with Crippen LogP contribution < -0.4 is 0 Å². The first-order chi connectivity index (χ1) is 13.8. The van der Waals surface area contributed by atoms with Gasteiger partial charge in [0.1, 0.15) is 11.2 Å². The maximum atomic E-state index is 4.57. The number of thioether (sulfide) groups is 1. The van der Waals surface area contributed by atoms with Gasteiger partial charge in [-0.2, -0.15) is 9.61 Å². The average Bonchev–Trinajstić information content (AvgIpc) is 3.42. The van der Waals surface area contributed by atoms with Crippen molar-refractivity contribution in [3.05, 3.63) is 52.7 Å². The van der Waals surface area contributed by atoms with Gasteiger partial charge in [-0.25, -0.2) is 9.38 Å². The molecule has 28 heavy (non-hydrogen) atoms. The minimum absolute atomic E-state index is 0.734. The van der Waals surface area contributed by atoms with E-state index in [0.29, 0.717) is 0 Å². The molecule has 0 radical (unpaired) electrons. The molecule has 0 fully saturated rings. The van der Waals surface area contributed by atoms with Crippen molar-refractivity contribution < 1.29 is 0 Å². The summed E-state index contributed by atoms with van der Waals surface area (Å²) in [6.07, 6.45) is 5.11. The summed E-state index contributed by atoms with van der Waals surface area (Å²) in [7, 11) is 0. The molecule has 4 aromatic heterocycles. The highest BCUT2D eigenvalue weighted by Gasteiger charge is 2.26. The van der Waals surface area contributed by atoms with Crippen molar-refractivity contribution in [3.8, 4) is 0 Å². The van der Waals surface area contributed by atoms with Crippen LogP contribution in [-0.4, -0.2) is 29.2 Å². The van der Waals surface area contributed by atoms with Gasteiger partial charge in [-0.3, -0.25) is 0 Å². The second kappa shape index (κ2) is 6.28. The van der Waals surface area contributed by atoms with E-state index in [9.17, 15) is 0 Å². The van der Waals surface area contributed by atoms with E-state index in [-0.39, 0.29) is 0 Å². The summed E-state index contributed by atoms with van der Waals surface area (Å²) in [4.78, 5) is 7.26. The highest BCUT2D eigenvalue weighted by Crippen LogP contribution is 2.41. The third-order valence-corrected chi connectivity index (χ3v) is 7.72. The van der Waals surface area contributed by atoms with Crippen molar-refractivity contribution in [2.45, 2.75) is 37.1 Å². The lowest BCUT2D eigenvalue weighted by molar-refractivity contribution is 0.509. The van der Waals surface area contributed by atoms with Crippen LogP contribution >= 0.6 is 23.1 Å². The highest BCUT2D eigenvalue weighted by molar-refractivity contribution is 7.98. The number of rotatable bonds is 3. The van der Waals surface area contributed by atoms with Crippen molar-refractivity contribution in [2.75, 3.05) is 0 Å². The third kappa shape index (κ3) is 2.41. The van der Waals surface area contributed by atoms with Gasteiger partial charge < -0.3 is 0 Å². The van der Waals surface area contributed by atoms with Crippen molar-refractivity contribution in [3.63, 3.8) is 0 Å². The molecule has 1 aliphatic rings. The van der Waals surface area contributed by atoms with Crippen LogP contribution in [0.4, 0.5) is 0 Å². The van der Waals surface area contributed by atoms with Gasteiger partial charge in [-0.1, -0.05) is 49.0 Å². The molecule has 0 saturated carbocycles. The molecule has 6 rings (SSSR count). The number of benzene rings is 1. The third-order valence-electron chi connectivity index (χ3n) is 5.48. The first-order valence-corrected chi connectivity index (χ1v) is 11.3. The Balaban J connectivity index is 1.58. The van der Waals surface area contributed by atoms with Crippen molar-refractivity contribution in [2.24, 2.45) is 5.92 Å².